The molecule has 10 aromatic carbocycles. The summed E-state index contributed by atoms with van der Waals surface area (Å²) in [6, 6.07) is 93.5. The topological polar surface area (TPSA) is 344 Å². The molecular formula is C113H90Cl2F6N18O9. The molecule has 0 spiro atoms. The van der Waals surface area contributed by atoms with Crippen LogP contribution in [0.1, 0.15) is 132 Å². The van der Waals surface area contributed by atoms with Gasteiger partial charge in [0.1, 0.15) is 16.4 Å². The Bertz CT molecular complexity index is 7670. The zero-order valence-electron chi connectivity index (χ0n) is 78.4. The number of halogens is 8. The van der Waals surface area contributed by atoms with E-state index < -0.39 is 28.4 Å². The number of nitrogens with one attached hydrogen (secondary N) is 6. The lowest BCUT2D eigenvalue weighted by atomic mass is 10.1. The fourth-order valence-corrected chi connectivity index (χ4v) is 14.2. The third-order valence-electron chi connectivity index (χ3n) is 21.1. The molecule has 11 heterocycles. The summed E-state index contributed by atoms with van der Waals surface area (Å²) >= 11 is 11.8. The first-order valence-electron chi connectivity index (χ1n) is 45.3. The van der Waals surface area contributed by atoms with Gasteiger partial charge in [0.15, 0.2) is 11.5 Å². The van der Waals surface area contributed by atoms with Gasteiger partial charge >= 0.3 is 18.2 Å². The van der Waals surface area contributed by atoms with E-state index in [0.29, 0.717) is 63.0 Å². The summed E-state index contributed by atoms with van der Waals surface area (Å²) in [5.74, 6) is 1.93. The highest BCUT2D eigenvalue weighted by Gasteiger charge is 2.33. The van der Waals surface area contributed by atoms with E-state index in [1.54, 1.807) is 178 Å². The van der Waals surface area contributed by atoms with Gasteiger partial charge in [0.05, 0.1) is 80.4 Å². The lowest BCUT2D eigenvalue weighted by molar-refractivity contribution is -0.402. The number of carbonyl (C=O) groups excluding carboxylic acids is 3. The molecule has 21 rings (SSSR count). The molecule has 2 aliphatic heterocycles. The van der Waals surface area contributed by atoms with Crippen LogP contribution in [0.3, 0.4) is 0 Å². The maximum absolute atomic E-state index is 12.7. The van der Waals surface area contributed by atoms with Gasteiger partial charge in [-0.25, -0.2) is 14.0 Å². The number of rotatable bonds is 21. The van der Waals surface area contributed by atoms with Crippen LogP contribution in [-0.2, 0) is 18.8 Å². The molecule has 0 radical (unpaired) electrons. The van der Waals surface area contributed by atoms with Gasteiger partial charge in [0.2, 0.25) is 6.79 Å². The van der Waals surface area contributed by atoms with Crippen LogP contribution in [-0.4, -0.2) is 123 Å². The second kappa shape index (κ2) is 53.1. The number of fused-ring (bicyclic) bond motifs is 2. The van der Waals surface area contributed by atoms with Crippen molar-refractivity contribution in [2.24, 2.45) is 0 Å². The highest BCUT2D eigenvalue weighted by atomic mass is 35.5. The number of benzene rings is 10. The number of furan rings is 1. The largest absolute Gasteiger partial charge is 0.497 e. The minimum atomic E-state index is -4.38. The molecule has 0 saturated heterocycles. The van der Waals surface area contributed by atoms with E-state index in [4.69, 9.17) is 41.8 Å². The number of hydrogen-bond acceptors (Lipinski definition) is 18. The van der Waals surface area contributed by atoms with Crippen LogP contribution in [0, 0.1) is 10.1 Å². The van der Waals surface area contributed by atoms with E-state index in [0.717, 1.165) is 92.5 Å². The molecular weight excluding hydrogens is 1940 g/mol. The molecule has 2 aliphatic rings. The average Bonchev–Trinajstić information content (AvgIpc) is 1.79. The van der Waals surface area contributed by atoms with Crippen molar-refractivity contribution in [3.05, 3.63) is 509 Å². The Kier molecular flexibility index (Phi) is 37.5. The number of methoxy groups -OCH3 is 1. The van der Waals surface area contributed by atoms with Gasteiger partial charge in [0.25, 0.3) is 17.7 Å². The Morgan fingerprint density at radius 3 is 1.33 bits per heavy atom. The quantitative estimate of drug-likeness (QED) is 0.0221. The van der Waals surface area contributed by atoms with Crippen molar-refractivity contribution in [2.45, 2.75) is 24.8 Å². The van der Waals surface area contributed by atoms with Gasteiger partial charge in [-0.1, -0.05) is 236 Å². The number of anilines is 1. The van der Waals surface area contributed by atoms with Gasteiger partial charge in [-0.15, -0.1) is 0 Å². The van der Waals surface area contributed by atoms with Crippen molar-refractivity contribution in [1.29, 1.82) is 0 Å². The first-order valence-corrected chi connectivity index (χ1v) is 46.0. The maximum Gasteiger partial charge on any atom is 0.433 e. The van der Waals surface area contributed by atoms with E-state index in [-0.39, 0.29) is 34.2 Å². The van der Waals surface area contributed by atoms with Crippen molar-refractivity contribution in [1.82, 2.24) is 80.3 Å². The second-order valence-corrected chi connectivity index (χ2v) is 32.3. The third-order valence-corrected chi connectivity index (χ3v) is 21.8. The first kappa shape index (κ1) is 105. The number of alkyl halides is 6. The molecule has 1 unspecified atom stereocenters. The summed E-state index contributed by atoms with van der Waals surface area (Å²) in [7, 11) is 1.59. The molecule has 35 heteroatoms. The predicted octanol–water partition coefficient (Wildman–Crippen LogP) is 26.6. The Labute approximate surface area is 853 Å². The predicted molar refractivity (Wildman–Crippen MR) is 564 cm³/mol. The van der Waals surface area contributed by atoms with Gasteiger partial charge in [-0.2, -0.15) is 67.1 Å². The highest BCUT2D eigenvalue weighted by Crippen LogP contribution is 2.38. The highest BCUT2D eigenvalue weighted by molar-refractivity contribution is 6.34. The van der Waals surface area contributed by atoms with E-state index >= 15 is 0 Å². The van der Waals surface area contributed by atoms with Crippen LogP contribution < -0.4 is 19.5 Å². The summed E-state index contributed by atoms with van der Waals surface area (Å²) in [4.78, 5) is 46.7. The van der Waals surface area contributed by atoms with Gasteiger partial charge in [0, 0.05) is 83.0 Å². The Balaban J connectivity index is 0.000000134. The summed E-state index contributed by atoms with van der Waals surface area (Å²) in [5.41, 5.74) is 14.2. The van der Waals surface area contributed by atoms with Crippen molar-refractivity contribution >= 4 is 144 Å². The average molecular weight is 2030 g/mol. The molecule has 0 bridgehead atoms. The monoisotopic (exact) mass is 2030 g/mol. The molecule has 742 valence electrons. The molecule has 0 saturated carbocycles. The number of aromatic amines is 5. The standard InChI is InChI=1S/C19H16N2O2.C18H13ClN2O.C18H14N2O.C13H13N3.C12H8ClF3N2.C12H9F3N2.C12H10N2O2.C9H7N3O3/c1-23-18-11-8-16(9-12-18)19(22)21-14-13-17(20-21)10-7-15-5-3-2-4-6-15;19-17-9-5-4-8-16(17)18(22)21-13-12-15(20-21)11-10-14-6-2-1-3-7-14;21-18(16-9-5-2-6-10-16)20-14-13-17(19-20)12-11-15-7-3-1-4-8-15;1-2-4-13-10(3-1)9-12(15-13)6-5-11-7-8-14-16-11;13-11-7-9(12(14,15)16)3-1-8(11)2-4-10-5-6-17-18-10;13-12(14,15)11-4-2-1-3-9(11)5-6-10-7-8-16-17-10;1-2-9(4-5-10-6-7-13-14-10)12-11(3-1)15-8-16-12;13-12(14)9-4-3-8(15-9)2-1-7-5-6-10-11-7/h2-14H,1H3;1-13H;1-14H;1-8,12,15H,9H2,(H,14,16);1-7H,(H,17,18);1-8H,(H,16,17);1-7H,8H2,(H,13,14);1-6H,(H,10,11)/b10-7+;11-10+;12-11+;6-5+;4-2+;6-5+;5-4+;2-1+. The molecule has 0 amide bonds. The van der Waals surface area contributed by atoms with Crippen molar-refractivity contribution in [2.75, 3.05) is 19.2 Å². The van der Waals surface area contributed by atoms with Crippen LogP contribution in [0.2, 0.25) is 10.0 Å². The molecule has 0 fully saturated rings. The molecule has 148 heavy (non-hydrogen) atoms. The maximum atomic E-state index is 12.7. The van der Waals surface area contributed by atoms with E-state index in [9.17, 15) is 50.8 Å². The minimum Gasteiger partial charge on any atom is -0.497 e. The number of para-hydroxylation sites is 2. The number of hydrogen-bond donors (Lipinski definition) is 6. The van der Waals surface area contributed by atoms with Crippen molar-refractivity contribution in [3.63, 3.8) is 0 Å². The zero-order chi connectivity index (χ0) is 104. The van der Waals surface area contributed by atoms with Crippen LogP contribution in [0.5, 0.6) is 17.2 Å². The number of carbonyl (C=O) groups is 3. The Morgan fingerprint density at radius 2 is 0.858 bits per heavy atom. The van der Waals surface area contributed by atoms with E-state index in [1.165, 1.54) is 67.9 Å². The Hall–Kier alpha value is -19.2. The lowest BCUT2D eigenvalue weighted by Gasteiger charge is -2.09. The fraction of sp³-hybridized carbons (Fsp3) is 0.0531. The fourth-order valence-electron chi connectivity index (χ4n) is 13.7. The van der Waals surface area contributed by atoms with E-state index in [1.807, 2.05) is 194 Å². The molecule has 1 atom stereocenters. The number of ether oxygens (including phenoxy) is 3. The van der Waals surface area contributed by atoms with Gasteiger partial charge in [-0.05, 0) is 234 Å². The minimum absolute atomic E-state index is 0.0561. The van der Waals surface area contributed by atoms with Crippen LogP contribution in [0.25, 0.3) is 91.1 Å². The van der Waals surface area contributed by atoms with Gasteiger partial charge in [-0.3, -0.25) is 50.0 Å². The molecule has 27 nitrogen and oxygen atoms in total. The molecule has 6 N–H and O–H groups in total. The lowest BCUT2D eigenvalue weighted by Crippen LogP contribution is -2.13. The number of nitrogens with zero attached hydrogens (tertiary/aromatic N) is 12. The molecule has 0 aliphatic carbocycles. The third kappa shape index (κ3) is 32.2. The van der Waals surface area contributed by atoms with Gasteiger partial charge < -0.3 is 23.9 Å². The van der Waals surface area contributed by atoms with E-state index in [2.05, 4.69) is 108 Å². The van der Waals surface area contributed by atoms with Crippen molar-refractivity contribution < 1.29 is 64.3 Å². The second-order valence-electron chi connectivity index (χ2n) is 31.5. The summed E-state index contributed by atoms with van der Waals surface area (Å²) in [6.45, 7) is 0.296. The Morgan fingerprint density at radius 1 is 0.412 bits per heavy atom. The summed E-state index contributed by atoms with van der Waals surface area (Å²) in [5, 5.41) is 60.0. The smallest absolute Gasteiger partial charge is 0.433 e. The number of aromatic nitrogens is 16. The summed E-state index contributed by atoms with van der Waals surface area (Å²) < 4.78 is 99.9. The molecule has 19 aromatic rings. The summed E-state index contributed by atoms with van der Waals surface area (Å²) in [6.07, 6.45) is 34.8. The zero-order valence-corrected chi connectivity index (χ0v) is 79.9. The van der Waals surface area contributed by atoms with Crippen LogP contribution in [0.15, 0.2) is 376 Å². The van der Waals surface area contributed by atoms with Crippen molar-refractivity contribution in [3.8, 4) is 17.2 Å². The molecule has 9 aromatic heterocycles. The number of H-pyrrole nitrogens is 5. The van der Waals surface area contributed by atoms with Crippen LogP contribution >= 0.6 is 23.2 Å². The normalized spacial score (nSPS) is 12.3. The number of nitro groups is 1. The van der Waals surface area contributed by atoms with Crippen LogP contribution in [0.4, 0.5) is 37.9 Å². The SMILES string of the molecule is C(=C\C1Cc2ccccc2N1)/c1ccn[nH]1.C(=C\c1cccc2c1OCO2)/c1ccn[nH]1.COc1ccc(C(=O)n2ccc(/C=C/c3ccccc3)n2)cc1.FC(F)(F)c1ccc(/C=C/c2ccn[nH]2)c(Cl)c1.FC(F)(F)c1ccccc1/C=C/c1ccn[nH]1.O=C(c1ccccc1)n1ccc(/C=C/c2ccccc2)n1.O=C(c1ccccc1Cl)n1ccc(/C=C/c2ccccc2)n1.O=[N+]([O-])c1ccc(/C=C/c2ccn[nH]2)o1. The first-order chi connectivity index (χ1) is 72.0.